The number of amidine groups is 2. The number of hydrogen-bond acceptors (Lipinski definition) is 3. The molecule has 0 saturated carbocycles. The number of aromatic nitrogens is 2. The van der Waals surface area contributed by atoms with E-state index in [4.69, 9.17) is 9.98 Å². The molecule has 0 spiro atoms. The van der Waals surface area contributed by atoms with Crippen LogP contribution in [0.15, 0.2) is 162 Å². The molecular formula is C51H45N5. The van der Waals surface area contributed by atoms with Crippen molar-refractivity contribution in [1.82, 2.24) is 14.5 Å². The second-order valence-electron chi connectivity index (χ2n) is 15.1. The molecule has 0 radical (unpaired) electrons. The summed E-state index contributed by atoms with van der Waals surface area (Å²) in [5.41, 5.74) is 9.62. The Balaban J connectivity index is 1.12. The first kappa shape index (κ1) is 34.1. The van der Waals surface area contributed by atoms with Crippen LogP contribution in [0.1, 0.15) is 61.3 Å². The highest BCUT2D eigenvalue weighted by atomic mass is 15.1. The van der Waals surface area contributed by atoms with Gasteiger partial charge < -0.3 is 14.5 Å². The standard InChI is InChI=1S/C51H45N5/c1-3-40-34(2)55(47-28-14-13-23-42(40)47)39-31-29-35(30-32-39)41-24-15-25-43-44-26-16-27-45(49(44)56(48(41)43)38-21-11-6-12-22-38)51-52-33-46(36-17-7-4-8-18-36)53-50(54-51)37-19-9-5-10-20-37/h3-5,7-11,13-19,21-29,31-32,35,37,46H,2,6,12,20,30,33H2,1H3,(H,52,53,54)/b40-3+. The minimum Gasteiger partial charge on any atom is -0.328 e. The third-order valence-corrected chi connectivity index (χ3v) is 11.9. The maximum Gasteiger partial charge on any atom is 0.135 e. The van der Waals surface area contributed by atoms with Crippen molar-refractivity contribution in [2.75, 3.05) is 6.54 Å². The molecular weight excluding hydrogens is 683 g/mol. The monoisotopic (exact) mass is 727 g/mol. The summed E-state index contributed by atoms with van der Waals surface area (Å²) in [5, 5.41) is 9.78. The van der Waals surface area contributed by atoms with Crippen LogP contribution < -0.4 is 15.9 Å². The van der Waals surface area contributed by atoms with Gasteiger partial charge in [-0.3, -0.25) is 9.98 Å². The Kier molecular flexibility index (Phi) is 8.71. The summed E-state index contributed by atoms with van der Waals surface area (Å²) in [6.45, 7) is 7.19. The Hall–Kier alpha value is -6.46. The van der Waals surface area contributed by atoms with E-state index >= 15 is 0 Å². The molecule has 2 aromatic heterocycles. The zero-order valence-corrected chi connectivity index (χ0v) is 31.8. The van der Waals surface area contributed by atoms with Crippen LogP contribution in [-0.2, 0) is 0 Å². The van der Waals surface area contributed by atoms with Gasteiger partial charge in [-0.15, -0.1) is 0 Å². The molecule has 1 N–H and O–H groups in total. The van der Waals surface area contributed by atoms with Gasteiger partial charge in [0.05, 0.1) is 29.1 Å². The average Bonchev–Trinajstić information content (AvgIpc) is 3.65. The molecule has 3 unspecified atom stereocenters. The number of fused-ring (bicyclic) bond motifs is 4. The van der Waals surface area contributed by atoms with Gasteiger partial charge in [-0.1, -0.05) is 140 Å². The van der Waals surface area contributed by atoms with Gasteiger partial charge in [0.2, 0.25) is 0 Å². The van der Waals surface area contributed by atoms with Crippen molar-refractivity contribution in [3.05, 3.63) is 179 Å². The van der Waals surface area contributed by atoms with Gasteiger partial charge in [0, 0.05) is 55.5 Å². The highest BCUT2D eigenvalue weighted by Crippen LogP contribution is 2.41. The van der Waals surface area contributed by atoms with Crippen molar-refractivity contribution in [2.45, 2.75) is 44.6 Å². The quantitative estimate of drug-likeness (QED) is 0.182. The second-order valence-corrected chi connectivity index (χ2v) is 15.1. The maximum atomic E-state index is 5.37. The third-order valence-electron chi connectivity index (χ3n) is 11.9. The Morgan fingerprint density at radius 1 is 0.714 bits per heavy atom. The van der Waals surface area contributed by atoms with Crippen LogP contribution in [0.5, 0.6) is 0 Å². The molecule has 1 aliphatic heterocycles. The summed E-state index contributed by atoms with van der Waals surface area (Å²) in [6, 6.07) is 32.7. The van der Waals surface area contributed by atoms with E-state index in [1.165, 1.54) is 60.4 Å². The lowest BCUT2D eigenvalue weighted by molar-refractivity contribution is 0.729. The largest absolute Gasteiger partial charge is 0.328 e. The first-order valence-corrected chi connectivity index (χ1v) is 20.0. The number of hydrogen-bond donors (Lipinski definition) is 1. The minimum absolute atomic E-state index is 0.0667. The molecule has 3 heterocycles. The van der Waals surface area contributed by atoms with Gasteiger partial charge in [0.15, 0.2) is 0 Å². The van der Waals surface area contributed by atoms with E-state index < -0.39 is 0 Å². The van der Waals surface area contributed by atoms with Crippen LogP contribution >= 0.6 is 0 Å². The molecule has 3 atom stereocenters. The summed E-state index contributed by atoms with van der Waals surface area (Å²) in [4.78, 5) is 10.7. The molecule has 0 bridgehead atoms. The highest BCUT2D eigenvalue weighted by molar-refractivity contribution is 6.22. The lowest BCUT2D eigenvalue weighted by Gasteiger charge is -2.22. The number of nitrogens with zero attached hydrogens (tertiary/aromatic N) is 4. The molecule has 5 nitrogen and oxygen atoms in total. The normalized spacial score (nSPS) is 21.2. The summed E-state index contributed by atoms with van der Waals surface area (Å²) in [5.74, 6) is 2.20. The molecule has 0 amide bonds. The summed E-state index contributed by atoms with van der Waals surface area (Å²) < 4.78 is 4.84. The molecule has 3 aliphatic carbocycles. The smallest absolute Gasteiger partial charge is 0.135 e. The topological polar surface area (TPSA) is 46.6 Å². The molecule has 0 saturated heterocycles. The van der Waals surface area contributed by atoms with Crippen molar-refractivity contribution in [3.63, 3.8) is 0 Å². The molecule has 4 aliphatic rings. The Morgan fingerprint density at radius 3 is 2.30 bits per heavy atom. The van der Waals surface area contributed by atoms with Crippen molar-refractivity contribution in [2.24, 2.45) is 15.9 Å². The molecule has 4 aromatic carbocycles. The van der Waals surface area contributed by atoms with Crippen LogP contribution in [0.25, 0.3) is 56.8 Å². The van der Waals surface area contributed by atoms with E-state index in [1.54, 1.807) is 0 Å². The van der Waals surface area contributed by atoms with Crippen molar-refractivity contribution < 1.29 is 0 Å². The number of para-hydroxylation sites is 3. The Morgan fingerprint density at radius 2 is 1.52 bits per heavy atom. The summed E-state index contributed by atoms with van der Waals surface area (Å²) >= 11 is 0. The zero-order chi connectivity index (χ0) is 37.6. The van der Waals surface area contributed by atoms with Gasteiger partial charge in [0.1, 0.15) is 11.7 Å². The van der Waals surface area contributed by atoms with Gasteiger partial charge in [0.25, 0.3) is 0 Å². The van der Waals surface area contributed by atoms with E-state index in [2.05, 4.69) is 186 Å². The van der Waals surface area contributed by atoms with Crippen LogP contribution in [-0.4, -0.2) is 27.4 Å². The van der Waals surface area contributed by atoms with Gasteiger partial charge in [-0.2, -0.15) is 0 Å². The minimum atomic E-state index is -0.0667. The first-order chi connectivity index (χ1) is 27.7. The first-order valence-electron chi connectivity index (χ1n) is 20.0. The molecule has 274 valence electrons. The molecule has 6 aromatic rings. The SMILES string of the molecule is C=c1/c(=C\C)c2ccccc2n1C1=CCC(c2cccc3c4cccc(C5=NCC(c6ccccc6)N=C(C6C=CC=CC6)N5)c4n(C4=CCCC=C4)c23)C=C1. The fourth-order valence-electron chi connectivity index (χ4n) is 9.15. The summed E-state index contributed by atoms with van der Waals surface area (Å²) in [6.07, 6.45) is 28.9. The maximum absolute atomic E-state index is 5.37. The fourth-order valence-corrected chi connectivity index (χ4v) is 9.15. The van der Waals surface area contributed by atoms with Crippen molar-refractivity contribution in [3.8, 4) is 0 Å². The molecule has 10 rings (SSSR count). The fraction of sp³-hybridized carbons (Fsp3) is 0.176. The van der Waals surface area contributed by atoms with Crippen LogP contribution in [0.3, 0.4) is 0 Å². The van der Waals surface area contributed by atoms with E-state index in [1.807, 2.05) is 0 Å². The number of rotatable bonds is 6. The van der Waals surface area contributed by atoms with Crippen molar-refractivity contribution >= 4 is 68.4 Å². The molecule has 56 heavy (non-hydrogen) atoms. The average molecular weight is 728 g/mol. The number of nitrogens with one attached hydrogen (secondary N) is 1. The highest BCUT2D eigenvalue weighted by Gasteiger charge is 2.27. The number of allylic oxidation sites excluding steroid dienone is 11. The van der Waals surface area contributed by atoms with Crippen LogP contribution in [0.4, 0.5) is 0 Å². The summed E-state index contributed by atoms with van der Waals surface area (Å²) in [7, 11) is 0. The number of aliphatic imine (C=N–C) groups is 2. The second kappa shape index (κ2) is 14.3. The van der Waals surface area contributed by atoms with Crippen LogP contribution in [0, 0.1) is 5.92 Å². The molecule has 5 heteroatoms. The predicted octanol–water partition coefficient (Wildman–Crippen LogP) is 10.4. The zero-order valence-electron chi connectivity index (χ0n) is 31.8. The lowest BCUT2D eigenvalue weighted by atomic mass is 9.90. The van der Waals surface area contributed by atoms with Gasteiger partial charge in [-0.25, -0.2) is 0 Å². The van der Waals surface area contributed by atoms with E-state index in [0.717, 1.165) is 48.3 Å². The predicted molar refractivity (Wildman–Crippen MR) is 237 cm³/mol. The molecule has 0 fully saturated rings. The Labute approximate surface area is 327 Å². The van der Waals surface area contributed by atoms with Crippen LogP contribution in [0.2, 0.25) is 0 Å². The van der Waals surface area contributed by atoms with E-state index in [0.29, 0.717) is 6.54 Å². The van der Waals surface area contributed by atoms with E-state index in [9.17, 15) is 0 Å². The van der Waals surface area contributed by atoms with Gasteiger partial charge in [-0.05, 0) is 68.0 Å². The third kappa shape index (κ3) is 5.77. The Bertz CT molecular complexity index is 2900. The van der Waals surface area contributed by atoms with E-state index in [-0.39, 0.29) is 17.9 Å². The lowest BCUT2D eigenvalue weighted by Crippen LogP contribution is -2.35. The van der Waals surface area contributed by atoms with Gasteiger partial charge >= 0.3 is 0 Å². The number of benzene rings is 4. The van der Waals surface area contributed by atoms with Crippen molar-refractivity contribution in [1.29, 1.82) is 0 Å².